The summed E-state index contributed by atoms with van der Waals surface area (Å²) in [6.45, 7) is 6.86. The Labute approximate surface area is 179 Å². The van der Waals surface area contributed by atoms with Crippen molar-refractivity contribution in [2.75, 3.05) is 23.4 Å². The number of unbranched alkanes of at least 4 members (excludes halogenated alkanes) is 2. The second kappa shape index (κ2) is 10.4. The molecule has 0 saturated carbocycles. The highest BCUT2D eigenvalue weighted by Gasteiger charge is 2.37. The minimum Gasteiger partial charge on any atom is -0.366 e. The van der Waals surface area contributed by atoms with E-state index in [1.807, 2.05) is 43.3 Å². The van der Waals surface area contributed by atoms with Crippen molar-refractivity contribution in [1.29, 1.82) is 0 Å². The van der Waals surface area contributed by atoms with Gasteiger partial charge in [0.2, 0.25) is 5.91 Å². The smallest absolute Gasteiger partial charge is 0.257 e. The number of hydrogen-bond acceptors (Lipinski definition) is 3. The lowest BCUT2D eigenvalue weighted by atomic mass is 10.0. The van der Waals surface area contributed by atoms with Crippen molar-refractivity contribution in [1.82, 2.24) is 0 Å². The Kier molecular flexibility index (Phi) is 7.63. The van der Waals surface area contributed by atoms with E-state index < -0.39 is 12.0 Å². The van der Waals surface area contributed by atoms with Gasteiger partial charge >= 0.3 is 0 Å². The largest absolute Gasteiger partial charge is 0.366 e. The van der Waals surface area contributed by atoms with Crippen LogP contribution in [0.5, 0.6) is 0 Å². The number of benzene rings is 2. The normalized spacial score (nSPS) is 17.6. The summed E-state index contributed by atoms with van der Waals surface area (Å²) in [5, 5.41) is 2.93. The number of morpholine rings is 1. The van der Waals surface area contributed by atoms with E-state index in [1.165, 1.54) is 24.8 Å². The molecule has 1 aliphatic heterocycles. The zero-order valence-electron chi connectivity index (χ0n) is 18.2. The first-order valence-corrected chi connectivity index (χ1v) is 10.9. The summed E-state index contributed by atoms with van der Waals surface area (Å²) >= 11 is 0. The summed E-state index contributed by atoms with van der Waals surface area (Å²) in [6, 6.07) is 15.8. The first-order valence-electron chi connectivity index (χ1n) is 10.9. The van der Waals surface area contributed by atoms with Gasteiger partial charge in [0.15, 0.2) is 0 Å². The van der Waals surface area contributed by atoms with Gasteiger partial charge in [-0.15, -0.1) is 0 Å². The molecular weight excluding hydrogens is 376 g/mol. The average molecular weight is 409 g/mol. The molecule has 1 aliphatic rings. The van der Waals surface area contributed by atoms with Crippen LogP contribution in [0, 0.1) is 12.8 Å². The predicted octanol–water partition coefficient (Wildman–Crippen LogP) is 4.73. The molecule has 30 heavy (non-hydrogen) atoms. The second-order valence-corrected chi connectivity index (χ2v) is 8.05. The average Bonchev–Trinajstić information content (AvgIpc) is 2.75. The molecule has 2 atom stereocenters. The van der Waals surface area contributed by atoms with Crippen LogP contribution in [0.3, 0.4) is 0 Å². The number of anilines is 2. The van der Waals surface area contributed by atoms with E-state index in [9.17, 15) is 9.59 Å². The van der Waals surface area contributed by atoms with E-state index in [0.717, 1.165) is 23.4 Å². The first kappa shape index (κ1) is 22.0. The molecule has 160 valence electrons. The van der Waals surface area contributed by atoms with Crippen molar-refractivity contribution in [3.8, 4) is 0 Å². The Morgan fingerprint density at radius 2 is 1.83 bits per heavy atom. The lowest BCUT2D eigenvalue weighted by molar-refractivity contribution is -0.143. The van der Waals surface area contributed by atoms with Crippen LogP contribution >= 0.6 is 0 Å². The Balaban J connectivity index is 1.60. The fourth-order valence-electron chi connectivity index (χ4n) is 3.67. The quantitative estimate of drug-likeness (QED) is 0.642. The van der Waals surface area contributed by atoms with Gasteiger partial charge in [-0.05, 0) is 49.6 Å². The highest BCUT2D eigenvalue weighted by Crippen LogP contribution is 2.24. The molecule has 0 radical (unpaired) electrons. The lowest BCUT2D eigenvalue weighted by Gasteiger charge is -2.34. The molecule has 2 aromatic rings. The summed E-state index contributed by atoms with van der Waals surface area (Å²) < 4.78 is 5.71. The van der Waals surface area contributed by atoms with E-state index in [0.29, 0.717) is 13.2 Å². The van der Waals surface area contributed by atoms with Gasteiger partial charge in [-0.2, -0.15) is 0 Å². The third-order valence-corrected chi connectivity index (χ3v) is 5.63. The molecular formula is C25H32N2O3. The van der Waals surface area contributed by atoms with Crippen LogP contribution in [0.1, 0.15) is 44.2 Å². The molecule has 2 amide bonds. The monoisotopic (exact) mass is 408 g/mol. The molecule has 5 nitrogen and oxygen atoms in total. The van der Waals surface area contributed by atoms with E-state index >= 15 is 0 Å². The van der Waals surface area contributed by atoms with E-state index in [1.54, 1.807) is 11.8 Å². The van der Waals surface area contributed by atoms with Crippen LogP contribution in [0.4, 0.5) is 11.4 Å². The number of carbonyl (C=O) groups is 2. The Hall–Kier alpha value is -2.66. The van der Waals surface area contributed by atoms with E-state index in [-0.39, 0.29) is 11.8 Å². The topological polar surface area (TPSA) is 58.6 Å². The van der Waals surface area contributed by atoms with Crippen molar-refractivity contribution in [3.63, 3.8) is 0 Å². The molecule has 1 heterocycles. The van der Waals surface area contributed by atoms with Crippen molar-refractivity contribution < 1.29 is 14.3 Å². The third kappa shape index (κ3) is 5.48. The summed E-state index contributed by atoms with van der Waals surface area (Å²) in [7, 11) is 0. The highest BCUT2D eigenvalue weighted by atomic mass is 16.5. The number of carbonyl (C=O) groups excluding carboxylic acids is 2. The standard InChI is InChI=1S/C25H32N2O3/c1-4-5-6-7-20-10-12-21(13-11-20)26-24(28)19(3)23-25(29)27(16-17-30-23)22-14-8-18(2)9-15-22/h8-15,19,23H,4-7,16-17H2,1-3H3,(H,26,28). The fourth-order valence-corrected chi connectivity index (χ4v) is 3.67. The minimum absolute atomic E-state index is 0.168. The molecule has 0 aromatic heterocycles. The Morgan fingerprint density at radius 1 is 1.13 bits per heavy atom. The van der Waals surface area contributed by atoms with Gasteiger partial charge in [-0.3, -0.25) is 9.59 Å². The molecule has 0 aliphatic carbocycles. The number of hydrogen-bond donors (Lipinski definition) is 1. The van der Waals surface area contributed by atoms with E-state index in [2.05, 4.69) is 24.4 Å². The van der Waals surface area contributed by atoms with Gasteiger partial charge in [0.25, 0.3) is 5.91 Å². The maximum Gasteiger partial charge on any atom is 0.257 e. The van der Waals surface area contributed by atoms with Crippen LogP contribution in [0.2, 0.25) is 0 Å². The maximum atomic E-state index is 13.0. The second-order valence-electron chi connectivity index (χ2n) is 8.05. The third-order valence-electron chi connectivity index (χ3n) is 5.63. The van der Waals surface area contributed by atoms with Crippen LogP contribution in [0.25, 0.3) is 0 Å². The molecule has 1 saturated heterocycles. The van der Waals surface area contributed by atoms with E-state index in [4.69, 9.17) is 4.74 Å². The number of ether oxygens (including phenoxy) is 1. The predicted molar refractivity (Wildman–Crippen MR) is 121 cm³/mol. The molecule has 2 unspecified atom stereocenters. The number of nitrogens with one attached hydrogen (secondary N) is 1. The Bertz CT molecular complexity index is 846. The van der Waals surface area contributed by atoms with Crippen LogP contribution in [0.15, 0.2) is 48.5 Å². The molecule has 0 bridgehead atoms. The molecule has 1 fully saturated rings. The molecule has 0 spiro atoms. The lowest BCUT2D eigenvalue weighted by Crippen LogP contribution is -2.52. The summed E-state index contributed by atoms with van der Waals surface area (Å²) in [4.78, 5) is 27.5. The zero-order valence-corrected chi connectivity index (χ0v) is 18.2. The first-order chi connectivity index (χ1) is 14.5. The number of amides is 2. The van der Waals surface area contributed by atoms with Crippen molar-refractivity contribution in [3.05, 3.63) is 59.7 Å². The number of nitrogens with zero attached hydrogens (tertiary/aromatic N) is 1. The fraction of sp³-hybridized carbons (Fsp3) is 0.440. The van der Waals surface area contributed by atoms with Gasteiger partial charge in [-0.25, -0.2) is 0 Å². The van der Waals surface area contributed by atoms with Gasteiger partial charge in [-0.1, -0.05) is 56.5 Å². The summed E-state index contributed by atoms with van der Waals surface area (Å²) in [5.41, 5.74) is 3.99. The highest BCUT2D eigenvalue weighted by molar-refractivity contribution is 6.02. The van der Waals surface area contributed by atoms with Gasteiger partial charge < -0.3 is 15.0 Å². The van der Waals surface area contributed by atoms with Crippen molar-refractivity contribution >= 4 is 23.2 Å². The zero-order chi connectivity index (χ0) is 21.5. The van der Waals surface area contributed by atoms with Gasteiger partial charge in [0, 0.05) is 17.9 Å². The maximum absolute atomic E-state index is 13.0. The van der Waals surface area contributed by atoms with Gasteiger partial charge in [0.05, 0.1) is 12.5 Å². The number of rotatable bonds is 8. The molecule has 3 rings (SSSR count). The molecule has 5 heteroatoms. The van der Waals surface area contributed by atoms with Crippen LogP contribution in [-0.4, -0.2) is 31.1 Å². The molecule has 1 N–H and O–H groups in total. The van der Waals surface area contributed by atoms with Crippen molar-refractivity contribution in [2.24, 2.45) is 5.92 Å². The minimum atomic E-state index is -0.784. The summed E-state index contributed by atoms with van der Waals surface area (Å²) in [6.07, 6.45) is 3.88. The number of aryl methyl sites for hydroxylation is 2. The van der Waals surface area contributed by atoms with Gasteiger partial charge in [0.1, 0.15) is 6.10 Å². The Morgan fingerprint density at radius 3 is 2.50 bits per heavy atom. The summed E-state index contributed by atoms with van der Waals surface area (Å²) in [5.74, 6) is -0.966. The van der Waals surface area contributed by atoms with Crippen molar-refractivity contribution in [2.45, 2.75) is 52.6 Å². The SMILES string of the molecule is CCCCCc1ccc(NC(=O)C(C)C2OCCN(c3ccc(C)cc3)C2=O)cc1. The van der Waals surface area contributed by atoms with Crippen LogP contribution < -0.4 is 10.2 Å². The molecule has 2 aromatic carbocycles. The van der Waals surface area contributed by atoms with Crippen LogP contribution in [-0.2, 0) is 20.7 Å².